The zero-order chi connectivity index (χ0) is 22.6. The van der Waals surface area contributed by atoms with E-state index in [1.54, 1.807) is 12.6 Å². The molecule has 0 aliphatic carbocycles. The molecule has 0 unspecified atom stereocenters. The highest BCUT2D eigenvalue weighted by Gasteiger charge is 2.44. The number of furan rings is 1. The molecule has 31 heavy (non-hydrogen) atoms. The maximum Gasteiger partial charge on any atom is 0.490 e. The molecule has 0 spiro atoms. The third kappa shape index (κ3) is 6.07. The zero-order valence-electron chi connectivity index (χ0n) is 17.6. The zero-order valence-corrected chi connectivity index (χ0v) is 17.6. The molecule has 2 aliphatic heterocycles. The van der Waals surface area contributed by atoms with E-state index in [1.165, 1.54) is 31.5 Å². The Balaban J connectivity index is 0.000000339. The largest absolute Gasteiger partial charge is 0.490 e. The van der Waals surface area contributed by atoms with Crippen LogP contribution in [0.1, 0.15) is 32.3 Å². The number of aliphatic carboxylic acids is 1. The summed E-state index contributed by atoms with van der Waals surface area (Å²) in [4.78, 5) is 18.3. The first kappa shape index (κ1) is 23.3. The van der Waals surface area contributed by atoms with E-state index in [0.29, 0.717) is 18.1 Å². The summed E-state index contributed by atoms with van der Waals surface area (Å²) in [5.74, 6) is -2.01. The van der Waals surface area contributed by atoms with Crippen molar-refractivity contribution in [1.82, 2.24) is 24.6 Å². The lowest BCUT2D eigenvalue weighted by atomic mass is 9.91. The van der Waals surface area contributed by atoms with E-state index in [1.807, 2.05) is 17.3 Å². The molecule has 0 aromatic carbocycles. The second kappa shape index (κ2) is 9.82. The topological polar surface area (TPSA) is 87.6 Å². The monoisotopic (exact) mass is 443 g/mol. The molecule has 172 valence electrons. The molecule has 0 saturated carbocycles. The standard InChI is InChI=1S/C18H27N5O.C2HF3O2/c1-14(2)23-17(10-22-13-19-12-20-22)7-16-9-21(5-3-18(16)23)8-15-4-6-24-11-15;3-2(4,5)1(6)7/h4,6,11-14,16-18H,3,5,7-10H2,1-2H3;(H,6,7)/t16-,17+,18+;/m1./s1. The quantitative estimate of drug-likeness (QED) is 0.760. The van der Waals surface area contributed by atoms with Crippen LogP contribution in [0.15, 0.2) is 35.7 Å². The normalized spacial score (nSPS) is 24.6. The number of fused-ring (bicyclic) bond motifs is 1. The summed E-state index contributed by atoms with van der Waals surface area (Å²) in [6.45, 7) is 8.98. The Kier molecular flexibility index (Phi) is 7.37. The van der Waals surface area contributed by atoms with Crippen LogP contribution in [0.25, 0.3) is 0 Å². The summed E-state index contributed by atoms with van der Waals surface area (Å²) in [5.41, 5.74) is 1.28. The molecular weight excluding hydrogens is 415 g/mol. The Morgan fingerprint density at radius 3 is 2.68 bits per heavy atom. The number of nitrogens with zero attached hydrogens (tertiary/aromatic N) is 5. The van der Waals surface area contributed by atoms with E-state index in [2.05, 4.69) is 39.8 Å². The summed E-state index contributed by atoms with van der Waals surface area (Å²) < 4.78 is 38.9. The van der Waals surface area contributed by atoms with Crippen molar-refractivity contribution in [3.8, 4) is 0 Å². The molecule has 0 amide bonds. The first-order valence-electron chi connectivity index (χ1n) is 10.3. The highest BCUT2D eigenvalue weighted by Crippen LogP contribution is 2.38. The average Bonchev–Trinajstić information content (AvgIpc) is 3.42. The fourth-order valence-electron chi connectivity index (χ4n) is 4.76. The fraction of sp³-hybridized carbons (Fsp3) is 0.650. The van der Waals surface area contributed by atoms with Gasteiger partial charge in [-0.3, -0.25) is 14.5 Å². The van der Waals surface area contributed by atoms with Gasteiger partial charge in [-0.2, -0.15) is 18.3 Å². The molecule has 1 N–H and O–H groups in total. The van der Waals surface area contributed by atoms with E-state index in [-0.39, 0.29) is 0 Å². The first-order valence-corrected chi connectivity index (χ1v) is 10.3. The first-order chi connectivity index (χ1) is 14.6. The lowest BCUT2D eigenvalue weighted by Gasteiger charge is -2.40. The minimum atomic E-state index is -5.08. The predicted octanol–water partition coefficient (Wildman–Crippen LogP) is 2.88. The van der Waals surface area contributed by atoms with E-state index in [9.17, 15) is 13.2 Å². The van der Waals surface area contributed by atoms with Gasteiger partial charge >= 0.3 is 12.1 Å². The third-order valence-corrected chi connectivity index (χ3v) is 5.85. The number of aromatic nitrogens is 3. The minimum absolute atomic E-state index is 0.565. The second-order valence-electron chi connectivity index (χ2n) is 8.33. The van der Waals surface area contributed by atoms with Crippen LogP contribution in [0.5, 0.6) is 0 Å². The summed E-state index contributed by atoms with van der Waals surface area (Å²) >= 11 is 0. The lowest BCUT2D eigenvalue weighted by Crippen LogP contribution is -2.49. The molecule has 3 atom stereocenters. The van der Waals surface area contributed by atoms with Crippen LogP contribution in [-0.4, -0.2) is 73.0 Å². The summed E-state index contributed by atoms with van der Waals surface area (Å²) in [5, 5.41) is 11.4. The molecule has 0 radical (unpaired) electrons. The van der Waals surface area contributed by atoms with Gasteiger partial charge in [0.05, 0.1) is 19.1 Å². The van der Waals surface area contributed by atoms with Crippen LogP contribution < -0.4 is 0 Å². The molecule has 11 heteroatoms. The van der Waals surface area contributed by atoms with E-state index < -0.39 is 12.1 Å². The van der Waals surface area contributed by atoms with Crippen LogP contribution in [0, 0.1) is 5.92 Å². The van der Waals surface area contributed by atoms with Crippen molar-refractivity contribution in [3.63, 3.8) is 0 Å². The number of halogens is 3. The molecule has 8 nitrogen and oxygen atoms in total. The predicted molar refractivity (Wildman–Crippen MR) is 105 cm³/mol. The van der Waals surface area contributed by atoms with E-state index in [0.717, 1.165) is 19.0 Å². The van der Waals surface area contributed by atoms with Gasteiger partial charge in [0, 0.05) is 36.8 Å². The number of alkyl halides is 3. The second-order valence-corrected chi connectivity index (χ2v) is 8.33. The smallest absolute Gasteiger partial charge is 0.475 e. The van der Waals surface area contributed by atoms with Crippen molar-refractivity contribution in [2.24, 2.45) is 5.92 Å². The highest BCUT2D eigenvalue weighted by atomic mass is 19.4. The van der Waals surface area contributed by atoms with Gasteiger partial charge in [-0.05, 0) is 45.2 Å². The van der Waals surface area contributed by atoms with Crippen molar-refractivity contribution in [1.29, 1.82) is 0 Å². The SMILES string of the molecule is CC(C)N1[C@H](Cn2cncn2)C[C@@H]2CN(Cc3ccoc3)CC[C@@H]21.O=C(O)C(F)(F)F. The van der Waals surface area contributed by atoms with Crippen LogP contribution in [0.3, 0.4) is 0 Å². The van der Waals surface area contributed by atoms with Crippen molar-refractivity contribution in [2.75, 3.05) is 13.1 Å². The Morgan fingerprint density at radius 1 is 1.39 bits per heavy atom. The Morgan fingerprint density at radius 2 is 2.13 bits per heavy atom. The van der Waals surface area contributed by atoms with Gasteiger partial charge in [-0.15, -0.1) is 0 Å². The Hall–Kier alpha value is -2.40. The maximum absolute atomic E-state index is 10.6. The molecule has 2 saturated heterocycles. The molecule has 2 aromatic heterocycles. The number of carboxylic acids is 1. The molecule has 2 aromatic rings. The summed E-state index contributed by atoms with van der Waals surface area (Å²) in [6, 6.07) is 3.93. The van der Waals surface area contributed by atoms with Gasteiger partial charge < -0.3 is 9.52 Å². The number of carboxylic acid groups (broad SMARTS) is 1. The third-order valence-electron chi connectivity index (χ3n) is 5.85. The van der Waals surface area contributed by atoms with Crippen molar-refractivity contribution < 1.29 is 27.5 Å². The van der Waals surface area contributed by atoms with Crippen LogP contribution >= 0.6 is 0 Å². The van der Waals surface area contributed by atoms with Gasteiger partial charge in [-0.25, -0.2) is 9.78 Å². The molecular formula is C20H28F3N5O3. The molecule has 2 fully saturated rings. The van der Waals surface area contributed by atoms with Crippen LogP contribution in [0.2, 0.25) is 0 Å². The summed E-state index contributed by atoms with van der Waals surface area (Å²) in [6.07, 6.45) is 4.54. The highest BCUT2D eigenvalue weighted by molar-refractivity contribution is 5.73. The molecule has 2 aliphatic rings. The average molecular weight is 443 g/mol. The minimum Gasteiger partial charge on any atom is -0.475 e. The van der Waals surface area contributed by atoms with Crippen LogP contribution in [0.4, 0.5) is 13.2 Å². The van der Waals surface area contributed by atoms with Crippen molar-refractivity contribution in [3.05, 3.63) is 36.8 Å². The van der Waals surface area contributed by atoms with E-state index >= 15 is 0 Å². The summed E-state index contributed by atoms with van der Waals surface area (Å²) in [7, 11) is 0. The number of carbonyl (C=O) groups is 1. The van der Waals surface area contributed by atoms with Gasteiger partial charge in [0.1, 0.15) is 12.7 Å². The van der Waals surface area contributed by atoms with Gasteiger partial charge in [0.2, 0.25) is 0 Å². The van der Waals surface area contributed by atoms with Crippen molar-refractivity contribution in [2.45, 2.75) is 64.1 Å². The number of rotatable bonds is 5. The van der Waals surface area contributed by atoms with Gasteiger partial charge in [-0.1, -0.05) is 0 Å². The van der Waals surface area contributed by atoms with E-state index in [4.69, 9.17) is 14.3 Å². The molecule has 4 rings (SSSR count). The molecule has 0 bridgehead atoms. The van der Waals surface area contributed by atoms with Crippen LogP contribution in [-0.2, 0) is 17.9 Å². The maximum atomic E-state index is 10.6. The van der Waals surface area contributed by atoms with Gasteiger partial charge in [0.15, 0.2) is 0 Å². The number of piperidine rings is 1. The fourth-order valence-corrected chi connectivity index (χ4v) is 4.76. The Bertz CT molecular complexity index is 811. The van der Waals surface area contributed by atoms with Crippen molar-refractivity contribution >= 4 is 5.97 Å². The molecule has 4 heterocycles. The number of hydrogen-bond acceptors (Lipinski definition) is 6. The number of hydrogen-bond donors (Lipinski definition) is 1. The van der Waals surface area contributed by atoms with Gasteiger partial charge in [0.25, 0.3) is 0 Å². The lowest BCUT2D eigenvalue weighted by molar-refractivity contribution is -0.192. The number of likely N-dealkylation sites (tertiary alicyclic amines) is 2. The Labute approximate surface area is 178 Å².